The van der Waals surface area contributed by atoms with E-state index in [0.29, 0.717) is 6.04 Å². The van der Waals surface area contributed by atoms with Crippen LogP contribution in [0.25, 0.3) is 0 Å². The molecule has 1 N–H and O–H groups in total. The molecule has 1 aliphatic carbocycles. The Hall–Kier alpha value is -1.60. The van der Waals surface area contributed by atoms with Crippen molar-refractivity contribution in [2.75, 3.05) is 6.54 Å². The van der Waals surface area contributed by atoms with Crippen LogP contribution in [0.2, 0.25) is 0 Å². The van der Waals surface area contributed by atoms with E-state index in [1.165, 1.54) is 36.0 Å². The monoisotopic (exact) mass is 265 g/mol. The lowest BCUT2D eigenvalue weighted by Gasteiger charge is -2.29. The first-order valence-electron chi connectivity index (χ1n) is 7.68. The first kappa shape index (κ1) is 13.4. The van der Waals surface area contributed by atoms with Crippen LogP contribution >= 0.6 is 0 Å². The highest BCUT2D eigenvalue weighted by Gasteiger charge is 2.21. The first-order valence-corrected chi connectivity index (χ1v) is 7.68. The Bertz CT molecular complexity index is 543. The summed E-state index contributed by atoms with van der Waals surface area (Å²) >= 11 is 0. The normalized spacial score (nSPS) is 16.6. The SMILES string of the molecule is Cc1ccccc1C(NCC1CCC1)c1ccccc1. The summed E-state index contributed by atoms with van der Waals surface area (Å²) < 4.78 is 0. The van der Waals surface area contributed by atoms with Gasteiger partial charge >= 0.3 is 0 Å². The van der Waals surface area contributed by atoms with Gasteiger partial charge in [-0.1, -0.05) is 61.0 Å². The Kier molecular flexibility index (Phi) is 4.17. The van der Waals surface area contributed by atoms with Crippen molar-refractivity contribution in [3.63, 3.8) is 0 Å². The molecule has 1 unspecified atom stereocenters. The first-order chi connectivity index (χ1) is 9.84. The van der Waals surface area contributed by atoms with E-state index < -0.39 is 0 Å². The zero-order chi connectivity index (χ0) is 13.8. The van der Waals surface area contributed by atoms with Crippen molar-refractivity contribution in [1.29, 1.82) is 0 Å². The molecule has 0 amide bonds. The van der Waals surface area contributed by atoms with Crippen LogP contribution < -0.4 is 5.32 Å². The summed E-state index contributed by atoms with van der Waals surface area (Å²) in [7, 11) is 0. The van der Waals surface area contributed by atoms with E-state index in [0.717, 1.165) is 12.5 Å². The molecule has 1 aliphatic rings. The summed E-state index contributed by atoms with van der Waals surface area (Å²) in [4.78, 5) is 0. The van der Waals surface area contributed by atoms with Gasteiger partial charge in [-0.05, 0) is 48.9 Å². The van der Waals surface area contributed by atoms with E-state index in [-0.39, 0.29) is 0 Å². The van der Waals surface area contributed by atoms with E-state index in [4.69, 9.17) is 0 Å². The molecule has 20 heavy (non-hydrogen) atoms. The van der Waals surface area contributed by atoms with Gasteiger partial charge in [0.05, 0.1) is 6.04 Å². The minimum atomic E-state index is 0.318. The van der Waals surface area contributed by atoms with E-state index >= 15 is 0 Å². The summed E-state index contributed by atoms with van der Waals surface area (Å²) in [6, 6.07) is 19.8. The van der Waals surface area contributed by atoms with Gasteiger partial charge in [0.15, 0.2) is 0 Å². The van der Waals surface area contributed by atoms with Crippen molar-refractivity contribution in [3.8, 4) is 0 Å². The van der Waals surface area contributed by atoms with Crippen molar-refractivity contribution in [3.05, 3.63) is 71.3 Å². The number of nitrogens with one attached hydrogen (secondary N) is 1. The number of hydrogen-bond acceptors (Lipinski definition) is 1. The Morgan fingerprint density at radius 3 is 2.35 bits per heavy atom. The highest BCUT2D eigenvalue weighted by atomic mass is 14.9. The van der Waals surface area contributed by atoms with Gasteiger partial charge in [0.1, 0.15) is 0 Å². The van der Waals surface area contributed by atoms with Crippen LogP contribution in [0.3, 0.4) is 0 Å². The molecule has 104 valence electrons. The molecule has 0 spiro atoms. The van der Waals surface area contributed by atoms with Gasteiger partial charge in [0, 0.05) is 0 Å². The van der Waals surface area contributed by atoms with Crippen LogP contribution in [-0.4, -0.2) is 6.54 Å². The Morgan fingerprint density at radius 2 is 1.70 bits per heavy atom. The van der Waals surface area contributed by atoms with Crippen LogP contribution in [0, 0.1) is 12.8 Å². The van der Waals surface area contributed by atoms with E-state index in [2.05, 4.69) is 66.8 Å². The van der Waals surface area contributed by atoms with Crippen LogP contribution in [0.5, 0.6) is 0 Å². The summed E-state index contributed by atoms with van der Waals surface area (Å²) in [6.45, 7) is 3.34. The summed E-state index contributed by atoms with van der Waals surface area (Å²) in [5, 5.41) is 3.80. The van der Waals surface area contributed by atoms with Gasteiger partial charge in [-0.3, -0.25) is 0 Å². The average Bonchev–Trinajstić information content (AvgIpc) is 2.44. The molecule has 1 heteroatoms. The van der Waals surface area contributed by atoms with Crippen molar-refractivity contribution < 1.29 is 0 Å². The maximum Gasteiger partial charge on any atom is 0.0579 e. The molecule has 0 aliphatic heterocycles. The average molecular weight is 265 g/mol. The highest BCUT2D eigenvalue weighted by molar-refractivity contribution is 5.36. The predicted molar refractivity (Wildman–Crippen MR) is 84.8 cm³/mol. The molecular formula is C19H23N. The summed E-state index contributed by atoms with van der Waals surface area (Å²) in [6.07, 6.45) is 4.19. The molecule has 0 bridgehead atoms. The number of rotatable bonds is 5. The van der Waals surface area contributed by atoms with Gasteiger partial charge in [-0.25, -0.2) is 0 Å². The molecule has 0 aromatic heterocycles. The lowest BCUT2D eigenvalue weighted by atomic mass is 9.85. The van der Waals surface area contributed by atoms with Crippen molar-refractivity contribution >= 4 is 0 Å². The van der Waals surface area contributed by atoms with Gasteiger partial charge < -0.3 is 5.32 Å². The third-order valence-corrected chi connectivity index (χ3v) is 4.47. The molecule has 0 saturated heterocycles. The molecule has 0 heterocycles. The fraction of sp³-hybridized carbons (Fsp3) is 0.368. The van der Waals surface area contributed by atoms with Crippen LogP contribution in [0.1, 0.15) is 42.0 Å². The number of aryl methyl sites for hydroxylation is 1. The Labute approximate surface area is 122 Å². The molecule has 1 saturated carbocycles. The molecule has 1 fully saturated rings. The third kappa shape index (κ3) is 2.94. The lowest BCUT2D eigenvalue weighted by Crippen LogP contribution is -2.31. The van der Waals surface area contributed by atoms with Crippen molar-refractivity contribution in [2.24, 2.45) is 5.92 Å². The van der Waals surface area contributed by atoms with E-state index in [1.54, 1.807) is 0 Å². The van der Waals surface area contributed by atoms with Gasteiger partial charge in [-0.15, -0.1) is 0 Å². The quantitative estimate of drug-likeness (QED) is 0.841. The predicted octanol–water partition coefficient (Wildman–Crippen LogP) is 4.47. The second-order valence-electron chi connectivity index (χ2n) is 5.91. The smallest absolute Gasteiger partial charge is 0.0579 e. The fourth-order valence-electron chi connectivity index (χ4n) is 2.94. The van der Waals surface area contributed by atoms with Crippen LogP contribution in [-0.2, 0) is 0 Å². The minimum Gasteiger partial charge on any atom is -0.306 e. The van der Waals surface area contributed by atoms with Crippen molar-refractivity contribution in [2.45, 2.75) is 32.2 Å². The second kappa shape index (κ2) is 6.23. The van der Waals surface area contributed by atoms with Crippen LogP contribution in [0.15, 0.2) is 54.6 Å². The van der Waals surface area contributed by atoms with Gasteiger partial charge in [0.2, 0.25) is 0 Å². The topological polar surface area (TPSA) is 12.0 Å². The number of benzene rings is 2. The standard InChI is InChI=1S/C19H23N/c1-15-8-5-6-13-18(15)19(17-11-3-2-4-12-17)20-14-16-9-7-10-16/h2-6,8,11-13,16,19-20H,7,9-10,14H2,1H3. The Morgan fingerprint density at radius 1 is 1.00 bits per heavy atom. The third-order valence-electron chi connectivity index (χ3n) is 4.47. The zero-order valence-corrected chi connectivity index (χ0v) is 12.2. The highest BCUT2D eigenvalue weighted by Crippen LogP contribution is 2.29. The largest absolute Gasteiger partial charge is 0.306 e. The molecule has 1 nitrogen and oxygen atoms in total. The van der Waals surface area contributed by atoms with Crippen LogP contribution in [0.4, 0.5) is 0 Å². The lowest BCUT2D eigenvalue weighted by molar-refractivity contribution is 0.295. The summed E-state index contributed by atoms with van der Waals surface area (Å²) in [5.74, 6) is 0.880. The maximum atomic E-state index is 3.80. The Balaban J connectivity index is 1.84. The van der Waals surface area contributed by atoms with Gasteiger partial charge in [0.25, 0.3) is 0 Å². The van der Waals surface area contributed by atoms with E-state index in [9.17, 15) is 0 Å². The summed E-state index contributed by atoms with van der Waals surface area (Å²) in [5.41, 5.74) is 4.13. The molecule has 0 radical (unpaired) electrons. The van der Waals surface area contributed by atoms with E-state index in [1.807, 2.05) is 0 Å². The molecule has 2 aromatic rings. The number of hydrogen-bond donors (Lipinski definition) is 1. The zero-order valence-electron chi connectivity index (χ0n) is 12.2. The molecule has 1 atom stereocenters. The second-order valence-corrected chi connectivity index (χ2v) is 5.91. The van der Waals surface area contributed by atoms with Crippen molar-refractivity contribution in [1.82, 2.24) is 5.32 Å². The molecule has 3 rings (SSSR count). The maximum absolute atomic E-state index is 3.80. The minimum absolute atomic E-state index is 0.318. The fourth-order valence-corrected chi connectivity index (χ4v) is 2.94. The molecular weight excluding hydrogens is 242 g/mol. The molecule has 2 aromatic carbocycles. The van der Waals surface area contributed by atoms with Gasteiger partial charge in [-0.2, -0.15) is 0 Å².